The number of amides is 1. The van der Waals surface area contributed by atoms with Gasteiger partial charge in [-0.3, -0.25) is 10.1 Å². The smallest absolute Gasteiger partial charge is 0.244 e. The van der Waals surface area contributed by atoms with Crippen molar-refractivity contribution in [3.63, 3.8) is 0 Å². The quantitative estimate of drug-likeness (QED) is 0.437. The Balaban J connectivity index is 1.29. The zero-order valence-electron chi connectivity index (χ0n) is 14.5. The molecule has 0 spiro atoms. The minimum Gasteiger partial charge on any atom is -0.299 e. The summed E-state index contributed by atoms with van der Waals surface area (Å²) in [6.45, 7) is 0. The highest BCUT2D eigenvalue weighted by atomic mass is 32.2. The van der Waals surface area contributed by atoms with Crippen molar-refractivity contribution in [2.24, 2.45) is 0 Å². The van der Waals surface area contributed by atoms with Gasteiger partial charge < -0.3 is 0 Å². The molecule has 27 heavy (non-hydrogen) atoms. The van der Waals surface area contributed by atoms with E-state index in [9.17, 15) is 4.79 Å². The van der Waals surface area contributed by atoms with Crippen LogP contribution in [0.15, 0.2) is 65.0 Å². The molecule has 1 aliphatic rings. The topological polar surface area (TPSA) is 78.9 Å². The fourth-order valence-corrected chi connectivity index (χ4v) is 4.57. The van der Waals surface area contributed by atoms with Crippen molar-refractivity contribution in [2.45, 2.75) is 28.6 Å². The lowest BCUT2D eigenvalue weighted by Gasteiger charge is -2.09. The van der Waals surface area contributed by atoms with Gasteiger partial charge in [0.15, 0.2) is 4.34 Å². The average Bonchev–Trinajstić information content (AvgIpc) is 3.38. The lowest BCUT2D eigenvalue weighted by molar-refractivity contribution is -0.117. The molecular formula is C19H19N5OS2. The molecule has 0 bridgehead atoms. The number of anilines is 1. The second kappa shape index (κ2) is 8.62. The van der Waals surface area contributed by atoms with Gasteiger partial charge in [-0.05, 0) is 17.5 Å². The Bertz CT molecular complexity index is 887. The van der Waals surface area contributed by atoms with Crippen LogP contribution in [-0.4, -0.2) is 22.1 Å². The maximum atomic E-state index is 12.5. The number of benzene rings is 2. The fourth-order valence-electron chi connectivity index (χ4n) is 2.86. The van der Waals surface area contributed by atoms with E-state index in [0.29, 0.717) is 11.6 Å². The Labute approximate surface area is 165 Å². The summed E-state index contributed by atoms with van der Waals surface area (Å²) in [6, 6.07) is 20.1. The van der Waals surface area contributed by atoms with Crippen molar-refractivity contribution in [1.29, 1.82) is 0 Å². The van der Waals surface area contributed by atoms with Crippen molar-refractivity contribution >= 4 is 34.1 Å². The molecule has 3 aromatic rings. The highest BCUT2D eigenvalue weighted by molar-refractivity contribution is 8.00. The van der Waals surface area contributed by atoms with Crippen molar-refractivity contribution < 1.29 is 4.79 Å². The highest BCUT2D eigenvalue weighted by Gasteiger charge is 2.30. The number of hydrogen-bond donors (Lipinski definition) is 3. The van der Waals surface area contributed by atoms with Crippen molar-refractivity contribution in [2.75, 3.05) is 5.32 Å². The van der Waals surface area contributed by atoms with Crippen LogP contribution < -0.4 is 16.2 Å². The summed E-state index contributed by atoms with van der Waals surface area (Å²) in [7, 11) is 0. The molecule has 2 aromatic carbocycles. The van der Waals surface area contributed by atoms with Gasteiger partial charge in [-0.25, -0.2) is 10.9 Å². The molecule has 0 aliphatic carbocycles. The maximum absolute atomic E-state index is 12.5. The molecule has 138 valence electrons. The van der Waals surface area contributed by atoms with Gasteiger partial charge in [0.2, 0.25) is 11.0 Å². The summed E-state index contributed by atoms with van der Waals surface area (Å²) >= 11 is 3.01. The van der Waals surface area contributed by atoms with E-state index in [1.54, 1.807) is 11.8 Å². The van der Waals surface area contributed by atoms with E-state index in [4.69, 9.17) is 0 Å². The molecule has 1 saturated heterocycles. The number of hydrogen-bond acceptors (Lipinski definition) is 7. The molecule has 4 rings (SSSR count). The molecule has 2 heterocycles. The predicted octanol–water partition coefficient (Wildman–Crippen LogP) is 3.38. The number of aromatic nitrogens is 2. The molecular weight excluding hydrogens is 378 g/mol. The van der Waals surface area contributed by atoms with Crippen LogP contribution in [0.5, 0.6) is 0 Å². The van der Waals surface area contributed by atoms with Crippen molar-refractivity contribution in [1.82, 2.24) is 21.0 Å². The first-order valence-electron chi connectivity index (χ1n) is 8.65. The zero-order chi connectivity index (χ0) is 18.5. The van der Waals surface area contributed by atoms with Crippen LogP contribution >= 0.6 is 23.1 Å². The van der Waals surface area contributed by atoms with Gasteiger partial charge in [-0.2, -0.15) is 0 Å². The van der Waals surface area contributed by atoms with Crippen LogP contribution in [0, 0.1) is 0 Å². The first-order chi connectivity index (χ1) is 13.3. The third kappa shape index (κ3) is 4.72. The number of carbonyl (C=O) groups is 1. The SMILES string of the molecule is O=C(Nc1nnc(SCc2ccccc2)s1)C1CC(c2ccccc2)NN1. The van der Waals surface area contributed by atoms with Gasteiger partial charge in [0.1, 0.15) is 6.04 Å². The Hall–Kier alpha value is -2.26. The Kier molecular flexibility index (Phi) is 5.78. The van der Waals surface area contributed by atoms with Crippen LogP contribution in [0.2, 0.25) is 0 Å². The van der Waals surface area contributed by atoms with E-state index < -0.39 is 0 Å². The molecule has 0 radical (unpaired) electrons. The van der Waals surface area contributed by atoms with Crippen LogP contribution in [-0.2, 0) is 10.5 Å². The molecule has 3 N–H and O–H groups in total. The number of hydrazine groups is 1. The largest absolute Gasteiger partial charge is 0.299 e. The molecule has 8 heteroatoms. The molecule has 1 amide bonds. The first-order valence-corrected chi connectivity index (χ1v) is 10.5. The van der Waals surface area contributed by atoms with Crippen molar-refractivity contribution in [3.8, 4) is 0 Å². The minimum atomic E-state index is -0.306. The van der Waals surface area contributed by atoms with Crippen LogP contribution in [0.1, 0.15) is 23.6 Å². The fraction of sp³-hybridized carbons (Fsp3) is 0.211. The molecule has 1 aromatic heterocycles. The van der Waals surface area contributed by atoms with E-state index in [1.807, 2.05) is 36.4 Å². The van der Waals surface area contributed by atoms with Crippen LogP contribution in [0.3, 0.4) is 0 Å². The summed E-state index contributed by atoms with van der Waals surface area (Å²) in [6.07, 6.45) is 0.685. The number of carbonyl (C=O) groups excluding carboxylic acids is 1. The van der Waals surface area contributed by atoms with E-state index in [0.717, 1.165) is 15.7 Å². The monoisotopic (exact) mass is 397 g/mol. The normalized spacial score (nSPS) is 19.1. The predicted molar refractivity (Wildman–Crippen MR) is 108 cm³/mol. The molecule has 2 unspecified atom stereocenters. The van der Waals surface area contributed by atoms with Gasteiger partial charge in [0, 0.05) is 11.8 Å². The molecule has 0 saturated carbocycles. The first kappa shape index (κ1) is 18.1. The Morgan fingerprint density at radius 1 is 1.07 bits per heavy atom. The highest BCUT2D eigenvalue weighted by Crippen LogP contribution is 2.29. The number of rotatable bonds is 6. The summed E-state index contributed by atoms with van der Waals surface area (Å²) < 4.78 is 0.842. The van der Waals surface area contributed by atoms with Crippen LogP contribution in [0.25, 0.3) is 0 Å². The lowest BCUT2D eigenvalue weighted by Crippen LogP contribution is -2.39. The van der Waals surface area contributed by atoms with E-state index >= 15 is 0 Å². The maximum Gasteiger partial charge on any atom is 0.244 e. The van der Waals surface area contributed by atoms with Crippen molar-refractivity contribution in [3.05, 3.63) is 71.8 Å². The van der Waals surface area contributed by atoms with Gasteiger partial charge in [0.25, 0.3) is 0 Å². The van der Waals surface area contributed by atoms with E-state index in [1.165, 1.54) is 16.9 Å². The Morgan fingerprint density at radius 3 is 2.59 bits per heavy atom. The number of thioether (sulfide) groups is 1. The summed E-state index contributed by atoms with van der Waals surface area (Å²) in [4.78, 5) is 12.5. The average molecular weight is 398 g/mol. The molecule has 6 nitrogen and oxygen atoms in total. The third-order valence-electron chi connectivity index (χ3n) is 4.26. The summed E-state index contributed by atoms with van der Waals surface area (Å²) in [5.41, 5.74) is 8.65. The zero-order valence-corrected chi connectivity index (χ0v) is 16.1. The summed E-state index contributed by atoms with van der Waals surface area (Å²) in [5, 5.41) is 11.6. The Morgan fingerprint density at radius 2 is 1.81 bits per heavy atom. The van der Waals surface area contributed by atoms with E-state index in [2.05, 4.69) is 50.6 Å². The van der Waals surface area contributed by atoms with Gasteiger partial charge in [-0.15, -0.1) is 10.2 Å². The van der Waals surface area contributed by atoms with Crippen LogP contribution in [0.4, 0.5) is 5.13 Å². The summed E-state index contributed by atoms with van der Waals surface area (Å²) in [5.74, 6) is 0.729. The second-order valence-corrected chi connectivity index (χ2v) is 8.38. The minimum absolute atomic E-state index is 0.100. The van der Waals surface area contributed by atoms with Gasteiger partial charge in [0.05, 0.1) is 0 Å². The van der Waals surface area contributed by atoms with Gasteiger partial charge in [-0.1, -0.05) is 83.8 Å². The molecule has 1 fully saturated rings. The molecule has 2 atom stereocenters. The third-order valence-corrected chi connectivity index (χ3v) is 6.31. The second-order valence-electron chi connectivity index (χ2n) is 6.18. The lowest BCUT2D eigenvalue weighted by atomic mass is 10.0. The van der Waals surface area contributed by atoms with Gasteiger partial charge >= 0.3 is 0 Å². The number of nitrogens with zero attached hydrogens (tertiary/aromatic N) is 2. The number of nitrogens with one attached hydrogen (secondary N) is 3. The standard InChI is InChI=1S/C19H19N5OS2/c25-17(16-11-15(21-22-16)14-9-5-2-6-10-14)20-18-23-24-19(27-18)26-12-13-7-3-1-4-8-13/h1-10,15-16,21-22H,11-12H2,(H,20,23,25). The van der Waals surface area contributed by atoms with E-state index in [-0.39, 0.29) is 18.0 Å². The molecule has 1 aliphatic heterocycles.